The minimum Gasteiger partial charge on any atom is -0.311 e. The molecule has 0 aliphatic carbocycles. The van der Waals surface area contributed by atoms with Gasteiger partial charge in [-0.25, -0.2) is 15.0 Å². The van der Waals surface area contributed by atoms with Crippen LogP contribution in [0, 0.1) is 0 Å². The fourth-order valence-corrected chi connectivity index (χ4v) is 2.90. The third-order valence-corrected chi connectivity index (χ3v) is 3.96. The monoisotopic (exact) mass is 299 g/mol. The van der Waals surface area contributed by atoms with Crippen molar-refractivity contribution < 1.29 is 0 Å². The zero-order chi connectivity index (χ0) is 14.5. The van der Waals surface area contributed by atoms with Gasteiger partial charge in [0.25, 0.3) is 0 Å². The Hall–Kier alpha value is -1.92. The van der Waals surface area contributed by atoms with E-state index in [1.165, 1.54) is 11.8 Å². The highest BCUT2D eigenvalue weighted by Crippen LogP contribution is 2.27. The van der Waals surface area contributed by atoms with Gasteiger partial charge in [-0.1, -0.05) is 13.0 Å². The molecule has 5 nitrogen and oxygen atoms in total. The van der Waals surface area contributed by atoms with Crippen molar-refractivity contribution in [2.75, 3.05) is 6.54 Å². The predicted octanol–water partition coefficient (Wildman–Crippen LogP) is 2.78. The van der Waals surface area contributed by atoms with E-state index in [0.29, 0.717) is 0 Å². The molecule has 3 aromatic heterocycles. The second kappa shape index (κ2) is 6.69. The summed E-state index contributed by atoms with van der Waals surface area (Å²) in [5, 5.41) is 5.12. The summed E-state index contributed by atoms with van der Waals surface area (Å²) < 4.78 is 2.12. The summed E-state index contributed by atoms with van der Waals surface area (Å²) in [6, 6.07) is 7.85. The van der Waals surface area contributed by atoms with Gasteiger partial charge in [0.2, 0.25) is 0 Å². The maximum absolute atomic E-state index is 4.69. The minimum atomic E-state index is 0.720. The molecule has 3 aromatic rings. The van der Waals surface area contributed by atoms with Gasteiger partial charge in [-0.3, -0.25) is 0 Å². The maximum atomic E-state index is 4.69. The van der Waals surface area contributed by atoms with Crippen LogP contribution in [0.4, 0.5) is 0 Å². The Morgan fingerprint density at radius 3 is 2.86 bits per heavy atom. The third kappa shape index (κ3) is 3.22. The number of rotatable bonds is 6. The van der Waals surface area contributed by atoms with E-state index in [-0.39, 0.29) is 0 Å². The summed E-state index contributed by atoms with van der Waals surface area (Å²) in [6.45, 7) is 3.94. The Labute approximate surface area is 127 Å². The van der Waals surface area contributed by atoms with Gasteiger partial charge >= 0.3 is 0 Å². The Morgan fingerprint density at radius 1 is 1.19 bits per heavy atom. The van der Waals surface area contributed by atoms with Gasteiger partial charge in [0.15, 0.2) is 5.16 Å². The normalized spacial score (nSPS) is 11.1. The number of aromatic nitrogens is 4. The molecule has 0 aliphatic heterocycles. The minimum absolute atomic E-state index is 0.720. The van der Waals surface area contributed by atoms with Crippen LogP contribution in [0.2, 0.25) is 0 Å². The number of nitrogens with one attached hydrogen (secondary N) is 1. The maximum Gasteiger partial charge on any atom is 0.193 e. The highest BCUT2D eigenvalue weighted by Gasteiger charge is 2.13. The average Bonchev–Trinajstić information content (AvgIpc) is 2.86. The highest BCUT2D eigenvalue weighted by atomic mass is 32.2. The van der Waals surface area contributed by atoms with Gasteiger partial charge in [-0.2, -0.15) is 0 Å². The second-order valence-electron chi connectivity index (χ2n) is 4.60. The fourth-order valence-electron chi connectivity index (χ4n) is 2.08. The molecular formula is C15H17N5S. The SMILES string of the molecule is CCCNCc1c(Sc2ncccn2)nc2ccccn12. The lowest BCUT2D eigenvalue weighted by molar-refractivity contribution is 0.652. The molecular weight excluding hydrogens is 282 g/mol. The van der Waals surface area contributed by atoms with Gasteiger partial charge in [0.1, 0.15) is 10.7 Å². The van der Waals surface area contributed by atoms with Crippen LogP contribution < -0.4 is 5.32 Å². The van der Waals surface area contributed by atoms with Crippen LogP contribution in [0.25, 0.3) is 5.65 Å². The van der Waals surface area contributed by atoms with E-state index in [1.54, 1.807) is 12.4 Å². The van der Waals surface area contributed by atoms with Gasteiger partial charge in [0.05, 0.1) is 5.69 Å². The van der Waals surface area contributed by atoms with E-state index in [4.69, 9.17) is 4.98 Å². The molecule has 108 valence electrons. The van der Waals surface area contributed by atoms with E-state index in [2.05, 4.69) is 26.6 Å². The van der Waals surface area contributed by atoms with Crippen molar-refractivity contribution in [2.45, 2.75) is 30.1 Å². The first-order valence-electron chi connectivity index (χ1n) is 7.00. The molecule has 0 atom stereocenters. The van der Waals surface area contributed by atoms with Crippen LogP contribution in [0.15, 0.2) is 53.0 Å². The molecule has 0 bridgehead atoms. The lowest BCUT2D eigenvalue weighted by Gasteiger charge is -2.05. The molecule has 0 fully saturated rings. The summed E-state index contributed by atoms with van der Waals surface area (Å²) in [4.78, 5) is 13.2. The van der Waals surface area contributed by atoms with Crippen molar-refractivity contribution >= 4 is 17.4 Å². The number of hydrogen-bond acceptors (Lipinski definition) is 5. The quantitative estimate of drug-likeness (QED) is 0.560. The molecule has 0 spiro atoms. The zero-order valence-electron chi connectivity index (χ0n) is 11.9. The Bertz CT molecular complexity index is 710. The summed E-state index contributed by atoms with van der Waals surface area (Å²) in [5.74, 6) is 0. The number of imidazole rings is 1. The second-order valence-corrected chi connectivity index (χ2v) is 5.56. The van der Waals surface area contributed by atoms with Crippen LogP contribution >= 0.6 is 11.8 Å². The first-order valence-corrected chi connectivity index (χ1v) is 7.81. The molecule has 6 heteroatoms. The van der Waals surface area contributed by atoms with Crippen LogP contribution in [0.3, 0.4) is 0 Å². The van der Waals surface area contributed by atoms with Crippen LogP contribution in [0.5, 0.6) is 0 Å². The van der Waals surface area contributed by atoms with Crippen molar-refractivity contribution in [3.63, 3.8) is 0 Å². The Kier molecular flexibility index (Phi) is 4.47. The van der Waals surface area contributed by atoms with Crippen LogP contribution in [0.1, 0.15) is 19.0 Å². The Morgan fingerprint density at radius 2 is 2.05 bits per heavy atom. The fraction of sp³-hybridized carbons (Fsp3) is 0.267. The van der Waals surface area contributed by atoms with Gasteiger partial charge < -0.3 is 9.72 Å². The molecule has 0 radical (unpaired) electrons. The number of fused-ring (bicyclic) bond motifs is 1. The largest absolute Gasteiger partial charge is 0.311 e. The van der Waals surface area contributed by atoms with E-state index in [0.717, 1.165) is 41.0 Å². The lowest BCUT2D eigenvalue weighted by Crippen LogP contribution is -2.15. The number of nitrogens with zero attached hydrogens (tertiary/aromatic N) is 4. The third-order valence-electron chi connectivity index (χ3n) is 3.04. The average molecular weight is 299 g/mol. The topological polar surface area (TPSA) is 55.1 Å². The molecule has 0 aliphatic rings. The standard InChI is InChI=1S/C15H17N5S/c1-2-7-16-11-12-14(21-15-17-8-5-9-18-15)19-13-6-3-4-10-20(12)13/h3-6,8-10,16H,2,7,11H2,1H3. The van der Waals surface area contributed by atoms with Gasteiger partial charge in [0, 0.05) is 25.1 Å². The first-order chi connectivity index (χ1) is 10.4. The molecule has 21 heavy (non-hydrogen) atoms. The molecule has 3 rings (SSSR count). The molecule has 0 aromatic carbocycles. The number of hydrogen-bond donors (Lipinski definition) is 1. The van der Waals surface area contributed by atoms with Crippen molar-refractivity contribution in [1.29, 1.82) is 0 Å². The van der Waals surface area contributed by atoms with Gasteiger partial charge in [-0.05, 0) is 42.9 Å². The van der Waals surface area contributed by atoms with E-state index >= 15 is 0 Å². The lowest BCUT2D eigenvalue weighted by atomic mass is 10.4. The summed E-state index contributed by atoms with van der Waals surface area (Å²) in [7, 11) is 0. The van der Waals surface area contributed by atoms with E-state index in [9.17, 15) is 0 Å². The molecule has 3 heterocycles. The van der Waals surface area contributed by atoms with E-state index < -0.39 is 0 Å². The summed E-state index contributed by atoms with van der Waals surface area (Å²) in [6.07, 6.45) is 6.66. The number of pyridine rings is 1. The van der Waals surface area contributed by atoms with Crippen LogP contribution in [-0.2, 0) is 6.54 Å². The molecule has 1 N–H and O–H groups in total. The summed E-state index contributed by atoms with van der Waals surface area (Å²) in [5.41, 5.74) is 2.10. The van der Waals surface area contributed by atoms with Gasteiger partial charge in [-0.15, -0.1) is 0 Å². The van der Waals surface area contributed by atoms with Crippen molar-refractivity contribution in [3.05, 3.63) is 48.5 Å². The Balaban J connectivity index is 1.94. The van der Waals surface area contributed by atoms with Crippen molar-refractivity contribution in [3.8, 4) is 0 Å². The summed E-state index contributed by atoms with van der Waals surface area (Å²) >= 11 is 1.50. The first kappa shape index (κ1) is 14.0. The molecule has 0 saturated heterocycles. The molecule has 0 amide bonds. The molecule has 0 unspecified atom stereocenters. The highest BCUT2D eigenvalue weighted by molar-refractivity contribution is 7.99. The van der Waals surface area contributed by atoms with E-state index in [1.807, 2.05) is 30.5 Å². The smallest absolute Gasteiger partial charge is 0.193 e. The predicted molar refractivity (Wildman–Crippen MR) is 83.3 cm³/mol. The zero-order valence-corrected chi connectivity index (χ0v) is 12.7. The van der Waals surface area contributed by atoms with Crippen LogP contribution in [-0.4, -0.2) is 25.9 Å². The van der Waals surface area contributed by atoms with Crippen molar-refractivity contribution in [2.24, 2.45) is 0 Å². The van der Waals surface area contributed by atoms with Crippen molar-refractivity contribution in [1.82, 2.24) is 24.7 Å². The molecule has 0 saturated carbocycles.